The molecule has 1 aliphatic heterocycles. The van der Waals surface area contributed by atoms with Crippen LogP contribution >= 0.6 is 11.6 Å². The molecular formula is C15H11ClFN3O2. The molecule has 7 heteroatoms. The minimum absolute atomic E-state index is 0.106. The fraction of sp³-hybridized carbons (Fsp3) is 0.133. The maximum absolute atomic E-state index is 13.1. The maximum Gasteiger partial charge on any atom is 0.231 e. The van der Waals surface area contributed by atoms with Crippen molar-refractivity contribution in [2.75, 3.05) is 12.1 Å². The van der Waals surface area contributed by atoms with Crippen LogP contribution in [0.1, 0.15) is 5.56 Å². The molecule has 4 rings (SSSR count). The first-order valence-corrected chi connectivity index (χ1v) is 7.04. The van der Waals surface area contributed by atoms with Crippen molar-refractivity contribution in [3.05, 3.63) is 46.7 Å². The molecule has 2 aromatic carbocycles. The molecule has 0 unspecified atom stereocenters. The van der Waals surface area contributed by atoms with Crippen LogP contribution in [0.25, 0.3) is 11.0 Å². The molecule has 3 aromatic rings. The summed E-state index contributed by atoms with van der Waals surface area (Å²) in [5.41, 5.74) is 2.49. The van der Waals surface area contributed by atoms with Crippen LogP contribution in [0.3, 0.4) is 0 Å². The number of halogens is 2. The predicted octanol–water partition coefficient (Wildman–Crippen LogP) is 3.70. The van der Waals surface area contributed by atoms with Gasteiger partial charge in [0.15, 0.2) is 11.5 Å². The van der Waals surface area contributed by atoms with Gasteiger partial charge in [0.1, 0.15) is 5.82 Å². The van der Waals surface area contributed by atoms with Crippen molar-refractivity contribution in [2.24, 2.45) is 0 Å². The predicted molar refractivity (Wildman–Crippen MR) is 81.0 cm³/mol. The lowest BCUT2D eigenvalue weighted by molar-refractivity contribution is 0.174. The highest BCUT2D eigenvalue weighted by atomic mass is 35.5. The van der Waals surface area contributed by atoms with Gasteiger partial charge in [0.2, 0.25) is 12.7 Å². The number of anilines is 1. The van der Waals surface area contributed by atoms with E-state index in [4.69, 9.17) is 21.1 Å². The average Bonchev–Trinajstić information content (AvgIpc) is 3.11. The first-order valence-electron chi connectivity index (χ1n) is 6.66. The van der Waals surface area contributed by atoms with Crippen molar-refractivity contribution in [3.8, 4) is 11.5 Å². The van der Waals surface area contributed by atoms with E-state index in [0.717, 1.165) is 16.6 Å². The number of ether oxygens (including phenoxy) is 2. The molecule has 0 atom stereocenters. The molecule has 22 heavy (non-hydrogen) atoms. The Hall–Kier alpha value is -2.47. The zero-order chi connectivity index (χ0) is 15.1. The maximum atomic E-state index is 13.1. The summed E-state index contributed by atoms with van der Waals surface area (Å²) in [4.78, 5) is 7.59. The minimum Gasteiger partial charge on any atom is -0.454 e. The standard InChI is InChI=1S/C15H11ClFN3O2/c16-9-3-8(1-2-10(9)17)6-18-15-19-11-4-13-14(22-7-21-13)5-12(11)20-15/h1-5H,6-7H2,(H2,18,19,20). The van der Waals surface area contributed by atoms with Crippen LogP contribution in [0.5, 0.6) is 11.5 Å². The van der Waals surface area contributed by atoms with Crippen molar-refractivity contribution in [3.63, 3.8) is 0 Å². The summed E-state index contributed by atoms with van der Waals surface area (Å²) in [6.07, 6.45) is 0. The third-order valence-electron chi connectivity index (χ3n) is 3.42. The first-order chi connectivity index (χ1) is 10.7. The van der Waals surface area contributed by atoms with Gasteiger partial charge in [0.25, 0.3) is 0 Å². The molecule has 0 bridgehead atoms. The summed E-state index contributed by atoms with van der Waals surface area (Å²) in [5, 5.41) is 3.25. The van der Waals surface area contributed by atoms with Crippen LogP contribution in [0.15, 0.2) is 30.3 Å². The Morgan fingerprint density at radius 3 is 2.86 bits per heavy atom. The molecule has 2 N–H and O–H groups in total. The summed E-state index contributed by atoms with van der Waals surface area (Å²) < 4.78 is 23.8. The quantitative estimate of drug-likeness (QED) is 0.773. The number of nitrogens with one attached hydrogen (secondary N) is 2. The van der Waals surface area contributed by atoms with E-state index >= 15 is 0 Å². The third-order valence-corrected chi connectivity index (χ3v) is 3.71. The van der Waals surface area contributed by atoms with E-state index in [0.29, 0.717) is 24.0 Å². The minimum atomic E-state index is -0.427. The van der Waals surface area contributed by atoms with Gasteiger partial charge < -0.3 is 19.8 Å². The molecule has 0 saturated heterocycles. The van der Waals surface area contributed by atoms with Gasteiger partial charge in [-0.25, -0.2) is 9.37 Å². The third kappa shape index (κ3) is 2.31. The van der Waals surface area contributed by atoms with Gasteiger partial charge in [0.05, 0.1) is 16.1 Å². The molecule has 0 spiro atoms. The van der Waals surface area contributed by atoms with Gasteiger partial charge in [-0.05, 0) is 17.7 Å². The van der Waals surface area contributed by atoms with E-state index in [2.05, 4.69) is 15.3 Å². The van der Waals surface area contributed by atoms with Crippen LogP contribution in [-0.2, 0) is 6.54 Å². The Labute approximate surface area is 130 Å². The Morgan fingerprint density at radius 1 is 1.23 bits per heavy atom. The van der Waals surface area contributed by atoms with Gasteiger partial charge in [-0.1, -0.05) is 17.7 Å². The van der Waals surface area contributed by atoms with E-state index in [-0.39, 0.29) is 11.8 Å². The molecule has 5 nitrogen and oxygen atoms in total. The summed E-state index contributed by atoms with van der Waals surface area (Å²) >= 11 is 5.76. The lowest BCUT2D eigenvalue weighted by Gasteiger charge is -2.04. The van der Waals surface area contributed by atoms with Crippen molar-refractivity contribution in [2.45, 2.75) is 6.54 Å². The SMILES string of the molecule is Fc1ccc(CNc2nc3cc4c(cc3[nH]2)OCO4)cc1Cl. The lowest BCUT2D eigenvalue weighted by Crippen LogP contribution is -2.01. The Bertz CT molecular complexity index is 824. The number of rotatable bonds is 3. The number of nitrogens with zero attached hydrogens (tertiary/aromatic N) is 1. The van der Waals surface area contributed by atoms with Crippen LogP contribution < -0.4 is 14.8 Å². The molecule has 1 aliphatic rings. The second kappa shape index (κ2) is 5.06. The molecule has 0 radical (unpaired) electrons. The highest BCUT2D eigenvalue weighted by Gasteiger charge is 2.16. The molecule has 0 saturated carbocycles. The molecule has 2 heterocycles. The second-order valence-corrected chi connectivity index (χ2v) is 5.32. The Kier molecular flexibility index (Phi) is 3.04. The van der Waals surface area contributed by atoms with Crippen LogP contribution in [0, 0.1) is 5.82 Å². The molecule has 0 amide bonds. The lowest BCUT2D eigenvalue weighted by atomic mass is 10.2. The zero-order valence-corrected chi connectivity index (χ0v) is 12.1. The molecule has 112 valence electrons. The summed E-state index contributed by atoms with van der Waals surface area (Å²) in [6.45, 7) is 0.713. The number of aromatic nitrogens is 2. The second-order valence-electron chi connectivity index (χ2n) is 4.91. The van der Waals surface area contributed by atoms with Crippen LogP contribution in [0.4, 0.5) is 10.3 Å². The Balaban J connectivity index is 1.55. The number of hydrogen-bond donors (Lipinski definition) is 2. The van der Waals surface area contributed by atoms with Crippen molar-refractivity contribution < 1.29 is 13.9 Å². The first kappa shape index (κ1) is 13.2. The highest BCUT2D eigenvalue weighted by Crippen LogP contribution is 2.35. The molecule has 1 aromatic heterocycles. The molecule has 0 fully saturated rings. The van der Waals surface area contributed by atoms with E-state index in [1.165, 1.54) is 6.07 Å². The van der Waals surface area contributed by atoms with Crippen LogP contribution in [0.2, 0.25) is 5.02 Å². The summed E-state index contributed by atoms with van der Waals surface area (Å²) in [7, 11) is 0. The number of hydrogen-bond acceptors (Lipinski definition) is 4. The number of H-pyrrole nitrogens is 1. The zero-order valence-electron chi connectivity index (χ0n) is 11.3. The van der Waals surface area contributed by atoms with E-state index in [1.807, 2.05) is 12.1 Å². The summed E-state index contributed by atoms with van der Waals surface area (Å²) in [5.74, 6) is 1.58. The van der Waals surface area contributed by atoms with Gasteiger partial charge in [-0.3, -0.25) is 0 Å². The largest absolute Gasteiger partial charge is 0.454 e. The van der Waals surface area contributed by atoms with Gasteiger partial charge in [-0.15, -0.1) is 0 Å². The van der Waals surface area contributed by atoms with Gasteiger partial charge in [-0.2, -0.15) is 0 Å². The Morgan fingerprint density at radius 2 is 2.05 bits per heavy atom. The fourth-order valence-corrected chi connectivity index (χ4v) is 2.52. The van der Waals surface area contributed by atoms with Crippen molar-refractivity contribution in [1.29, 1.82) is 0 Å². The van der Waals surface area contributed by atoms with Gasteiger partial charge in [0, 0.05) is 18.7 Å². The number of benzene rings is 2. The van der Waals surface area contributed by atoms with E-state index in [9.17, 15) is 4.39 Å². The smallest absolute Gasteiger partial charge is 0.231 e. The number of fused-ring (bicyclic) bond motifs is 2. The average molecular weight is 320 g/mol. The monoisotopic (exact) mass is 319 g/mol. The fourth-order valence-electron chi connectivity index (χ4n) is 2.32. The normalized spacial score (nSPS) is 12.8. The topological polar surface area (TPSA) is 59.2 Å². The van der Waals surface area contributed by atoms with Crippen molar-refractivity contribution >= 4 is 28.6 Å². The van der Waals surface area contributed by atoms with Gasteiger partial charge >= 0.3 is 0 Å². The van der Waals surface area contributed by atoms with Crippen LogP contribution in [-0.4, -0.2) is 16.8 Å². The number of imidazole rings is 1. The van der Waals surface area contributed by atoms with E-state index in [1.54, 1.807) is 12.1 Å². The number of aromatic amines is 1. The summed E-state index contributed by atoms with van der Waals surface area (Å²) in [6, 6.07) is 8.28. The van der Waals surface area contributed by atoms with Crippen molar-refractivity contribution in [1.82, 2.24) is 9.97 Å². The van der Waals surface area contributed by atoms with E-state index < -0.39 is 5.82 Å². The highest BCUT2D eigenvalue weighted by molar-refractivity contribution is 6.30. The molecular weight excluding hydrogens is 309 g/mol. The molecule has 0 aliphatic carbocycles.